The molecule has 0 aliphatic rings. The van der Waals surface area contributed by atoms with E-state index in [9.17, 15) is 9.59 Å². The Morgan fingerprint density at radius 2 is 1.88 bits per heavy atom. The normalized spacial score (nSPS) is 10.4. The second-order valence-electron chi connectivity index (χ2n) is 3.81. The predicted octanol–water partition coefficient (Wildman–Crippen LogP) is 1.07. The fourth-order valence-electron chi connectivity index (χ4n) is 1.31. The molecule has 2 N–H and O–H groups in total. The lowest BCUT2D eigenvalue weighted by Gasteiger charge is -2.07. The highest BCUT2D eigenvalue weighted by Gasteiger charge is 2.17. The van der Waals surface area contributed by atoms with Gasteiger partial charge in [-0.3, -0.25) is 0 Å². The number of aromatic nitrogens is 2. The molecule has 0 saturated heterocycles. The summed E-state index contributed by atoms with van der Waals surface area (Å²) in [4.78, 5) is 21.5. The van der Waals surface area contributed by atoms with Crippen molar-refractivity contribution in [3.8, 4) is 0 Å². The minimum absolute atomic E-state index is 0.182. The maximum atomic E-state index is 10.8. The van der Waals surface area contributed by atoms with E-state index in [-0.39, 0.29) is 17.3 Å². The summed E-state index contributed by atoms with van der Waals surface area (Å²) in [7, 11) is 0. The van der Waals surface area contributed by atoms with Crippen molar-refractivity contribution in [3.63, 3.8) is 0 Å². The molecule has 1 aromatic rings. The number of rotatable bonds is 4. The Labute approximate surface area is 91.9 Å². The molecule has 0 aliphatic heterocycles. The van der Waals surface area contributed by atoms with Gasteiger partial charge in [0.15, 0.2) is 11.4 Å². The highest BCUT2D eigenvalue weighted by Crippen LogP contribution is 2.12. The molecule has 0 aromatic carbocycles. The van der Waals surface area contributed by atoms with Gasteiger partial charge < -0.3 is 10.2 Å². The monoisotopic (exact) mass is 224 g/mol. The molecule has 0 fully saturated rings. The first-order valence-electron chi connectivity index (χ1n) is 4.75. The molecule has 86 valence electrons. The third-order valence-corrected chi connectivity index (χ3v) is 1.92. The molecule has 6 heteroatoms. The summed E-state index contributed by atoms with van der Waals surface area (Å²) < 4.78 is 0. The Bertz CT molecular complexity index is 429. The summed E-state index contributed by atoms with van der Waals surface area (Å²) in [6, 6.07) is 1.26. The molecule has 0 radical (unpaired) electrons. The second kappa shape index (κ2) is 4.69. The van der Waals surface area contributed by atoms with Crippen molar-refractivity contribution >= 4 is 11.9 Å². The van der Waals surface area contributed by atoms with Crippen LogP contribution in [0, 0.1) is 5.92 Å². The van der Waals surface area contributed by atoms with E-state index < -0.39 is 11.9 Å². The van der Waals surface area contributed by atoms with Gasteiger partial charge in [-0.05, 0) is 24.0 Å². The maximum absolute atomic E-state index is 10.8. The molecule has 16 heavy (non-hydrogen) atoms. The molecule has 1 heterocycles. The lowest BCUT2D eigenvalue weighted by Crippen LogP contribution is -2.13. The van der Waals surface area contributed by atoms with E-state index in [0.29, 0.717) is 12.0 Å². The minimum atomic E-state index is -1.21. The van der Waals surface area contributed by atoms with Crippen molar-refractivity contribution in [1.82, 2.24) is 10.2 Å². The summed E-state index contributed by atoms with van der Waals surface area (Å²) in [5.41, 5.74) is -0.0192. The molecular weight excluding hydrogens is 212 g/mol. The Morgan fingerprint density at radius 1 is 1.25 bits per heavy atom. The fraction of sp³-hybridized carbons (Fsp3) is 0.400. The molecule has 0 atom stereocenters. The van der Waals surface area contributed by atoms with Gasteiger partial charge in [0.2, 0.25) is 0 Å². The van der Waals surface area contributed by atoms with Crippen molar-refractivity contribution in [3.05, 3.63) is 23.0 Å². The van der Waals surface area contributed by atoms with Crippen molar-refractivity contribution in [1.29, 1.82) is 0 Å². The number of carbonyl (C=O) groups is 2. The van der Waals surface area contributed by atoms with Crippen LogP contribution in [-0.2, 0) is 6.42 Å². The van der Waals surface area contributed by atoms with E-state index in [1.165, 1.54) is 6.07 Å². The SMILES string of the molecule is CC(C)Cc1cc(C(=O)O)nnc1C(=O)O. The quantitative estimate of drug-likeness (QED) is 0.793. The topological polar surface area (TPSA) is 100 Å². The van der Waals surface area contributed by atoms with Crippen molar-refractivity contribution in [2.45, 2.75) is 20.3 Å². The maximum Gasteiger partial charge on any atom is 0.356 e. The smallest absolute Gasteiger partial charge is 0.356 e. The number of hydrogen-bond acceptors (Lipinski definition) is 4. The van der Waals surface area contributed by atoms with Crippen molar-refractivity contribution < 1.29 is 19.8 Å². The molecular formula is C10H12N2O4. The van der Waals surface area contributed by atoms with Gasteiger partial charge in [-0.1, -0.05) is 13.8 Å². The lowest BCUT2D eigenvalue weighted by atomic mass is 10.0. The van der Waals surface area contributed by atoms with E-state index in [2.05, 4.69) is 10.2 Å². The zero-order valence-electron chi connectivity index (χ0n) is 8.97. The molecule has 0 aliphatic carbocycles. The Balaban J connectivity index is 3.21. The predicted molar refractivity (Wildman–Crippen MR) is 54.5 cm³/mol. The average molecular weight is 224 g/mol. The van der Waals surface area contributed by atoms with E-state index in [4.69, 9.17) is 10.2 Å². The standard InChI is InChI=1S/C10H12N2O4/c1-5(2)3-6-4-7(9(13)14)11-12-8(6)10(15)16/h4-5H,3H2,1-2H3,(H,13,14)(H,15,16). The third kappa shape index (κ3) is 2.75. The molecule has 6 nitrogen and oxygen atoms in total. The van der Waals surface area contributed by atoms with Gasteiger partial charge in [0.05, 0.1) is 0 Å². The first kappa shape index (κ1) is 12.1. The van der Waals surface area contributed by atoms with Gasteiger partial charge >= 0.3 is 11.9 Å². The first-order chi connectivity index (χ1) is 7.41. The third-order valence-electron chi connectivity index (χ3n) is 1.92. The molecule has 0 saturated carbocycles. The highest BCUT2D eigenvalue weighted by molar-refractivity contribution is 5.89. The zero-order chi connectivity index (χ0) is 12.3. The van der Waals surface area contributed by atoms with Crippen LogP contribution in [0.3, 0.4) is 0 Å². The van der Waals surface area contributed by atoms with Crippen LogP contribution in [0.2, 0.25) is 0 Å². The van der Waals surface area contributed by atoms with Crippen molar-refractivity contribution in [2.24, 2.45) is 5.92 Å². The minimum Gasteiger partial charge on any atom is -0.476 e. The van der Waals surface area contributed by atoms with Crippen LogP contribution in [0.25, 0.3) is 0 Å². The molecule has 0 spiro atoms. The van der Waals surface area contributed by atoms with Gasteiger partial charge in [-0.15, -0.1) is 10.2 Å². The van der Waals surface area contributed by atoms with E-state index in [1.807, 2.05) is 13.8 Å². The van der Waals surface area contributed by atoms with Crippen LogP contribution in [0.1, 0.15) is 40.4 Å². The molecule has 0 amide bonds. The number of carboxylic acid groups (broad SMARTS) is 2. The lowest BCUT2D eigenvalue weighted by molar-refractivity contribution is 0.0667. The summed E-state index contributed by atoms with van der Waals surface area (Å²) in [6.07, 6.45) is 0.456. The van der Waals surface area contributed by atoms with Crippen LogP contribution in [0.4, 0.5) is 0 Å². The van der Waals surface area contributed by atoms with E-state index >= 15 is 0 Å². The Morgan fingerprint density at radius 3 is 2.31 bits per heavy atom. The summed E-state index contributed by atoms with van der Waals surface area (Å²) in [5.74, 6) is -2.20. The second-order valence-corrected chi connectivity index (χ2v) is 3.81. The van der Waals surface area contributed by atoms with Crippen LogP contribution < -0.4 is 0 Å². The Hall–Kier alpha value is -1.98. The summed E-state index contributed by atoms with van der Waals surface area (Å²) >= 11 is 0. The molecule has 0 unspecified atom stereocenters. The number of hydrogen-bond donors (Lipinski definition) is 2. The first-order valence-corrected chi connectivity index (χ1v) is 4.75. The summed E-state index contributed by atoms with van der Waals surface area (Å²) in [6.45, 7) is 3.82. The Kier molecular flexibility index (Phi) is 3.55. The highest BCUT2D eigenvalue weighted by atomic mass is 16.4. The van der Waals surface area contributed by atoms with E-state index in [1.54, 1.807) is 0 Å². The molecule has 0 bridgehead atoms. The van der Waals surface area contributed by atoms with Crippen molar-refractivity contribution in [2.75, 3.05) is 0 Å². The van der Waals surface area contributed by atoms with Gasteiger partial charge in [0.1, 0.15) is 0 Å². The fourth-order valence-corrected chi connectivity index (χ4v) is 1.31. The van der Waals surface area contributed by atoms with Crippen LogP contribution in [0.5, 0.6) is 0 Å². The summed E-state index contributed by atoms with van der Waals surface area (Å²) in [5, 5.41) is 24.3. The van der Waals surface area contributed by atoms with Gasteiger partial charge in [-0.25, -0.2) is 9.59 Å². The zero-order valence-corrected chi connectivity index (χ0v) is 8.97. The van der Waals surface area contributed by atoms with Gasteiger partial charge in [0.25, 0.3) is 0 Å². The number of aromatic carboxylic acids is 2. The van der Waals surface area contributed by atoms with Gasteiger partial charge in [-0.2, -0.15) is 0 Å². The van der Waals surface area contributed by atoms with E-state index in [0.717, 1.165) is 0 Å². The number of nitrogens with zero attached hydrogens (tertiary/aromatic N) is 2. The average Bonchev–Trinajstić information content (AvgIpc) is 2.15. The van der Waals surface area contributed by atoms with Crippen LogP contribution in [-0.4, -0.2) is 32.3 Å². The van der Waals surface area contributed by atoms with Crippen LogP contribution in [0.15, 0.2) is 6.07 Å². The largest absolute Gasteiger partial charge is 0.476 e. The van der Waals surface area contributed by atoms with Gasteiger partial charge in [0, 0.05) is 0 Å². The number of carboxylic acids is 2. The molecule has 1 aromatic heterocycles. The van der Waals surface area contributed by atoms with Crippen LogP contribution >= 0.6 is 0 Å². The molecule has 1 rings (SSSR count).